The Balaban J connectivity index is 0.00000484. The number of guanidine groups is 1. The van der Waals surface area contributed by atoms with Crippen molar-refractivity contribution in [2.45, 2.75) is 20.3 Å². The molecule has 0 bridgehead atoms. The summed E-state index contributed by atoms with van der Waals surface area (Å²) in [6.45, 7) is 6.86. The first kappa shape index (κ1) is 22.0. The molecule has 132 valence electrons. The second-order valence-electron chi connectivity index (χ2n) is 6.63. The Labute approximate surface area is 157 Å². The molecule has 5 nitrogen and oxygen atoms in total. The van der Waals surface area contributed by atoms with E-state index in [4.69, 9.17) is 10.5 Å². The molecule has 23 heavy (non-hydrogen) atoms. The molecule has 0 spiro atoms. The summed E-state index contributed by atoms with van der Waals surface area (Å²) < 4.78 is 5.14. The van der Waals surface area contributed by atoms with Gasteiger partial charge in [0.05, 0.1) is 7.11 Å². The molecule has 0 unspecified atom stereocenters. The van der Waals surface area contributed by atoms with Gasteiger partial charge in [0.25, 0.3) is 0 Å². The summed E-state index contributed by atoms with van der Waals surface area (Å²) in [7, 11) is 5.81. The van der Waals surface area contributed by atoms with Gasteiger partial charge in [0, 0.05) is 19.6 Å². The van der Waals surface area contributed by atoms with Crippen LogP contribution in [0.2, 0.25) is 0 Å². The molecule has 0 aromatic heterocycles. The molecule has 0 aliphatic carbocycles. The molecule has 0 atom stereocenters. The van der Waals surface area contributed by atoms with Crippen molar-refractivity contribution in [2.75, 3.05) is 40.8 Å². The fourth-order valence-corrected chi connectivity index (χ4v) is 2.39. The summed E-state index contributed by atoms with van der Waals surface area (Å²) in [6, 6.07) is 8.06. The van der Waals surface area contributed by atoms with E-state index in [-0.39, 0.29) is 29.4 Å². The summed E-state index contributed by atoms with van der Waals surface area (Å²) in [5, 5.41) is 3.17. The highest BCUT2D eigenvalue weighted by atomic mass is 127. The van der Waals surface area contributed by atoms with E-state index in [1.165, 1.54) is 5.56 Å². The van der Waals surface area contributed by atoms with Crippen LogP contribution in [0.4, 0.5) is 0 Å². The standard InChI is InChI=1S/C17H30N4O.HI/c1-17(2,13-21(3)4)12-20-16(18)19-11-10-14-6-8-15(22-5)9-7-14;/h6-9H,10-13H2,1-5H3,(H3,18,19,20);1H. The topological polar surface area (TPSA) is 62.9 Å². The Morgan fingerprint density at radius 3 is 2.39 bits per heavy atom. The van der Waals surface area contributed by atoms with E-state index < -0.39 is 0 Å². The van der Waals surface area contributed by atoms with Crippen LogP contribution in [-0.4, -0.2) is 51.7 Å². The average Bonchev–Trinajstić information content (AvgIpc) is 2.45. The number of methoxy groups -OCH3 is 1. The minimum absolute atomic E-state index is 0. The third-order valence-corrected chi connectivity index (χ3v) is 3.30. The Kier molecular flexibility index (Phi) is 10.2. The zero-order valence-corrected chi connectivity index (χ0v) is 17.3. The van der Waals surface area contributed by atoms with Gasteiger partial charge in [-0.15, -0.1) is 24.0 Å². The van der Waals surface area contributed by atoms with Crippen LogP contribution in [0.1, 0.15) is 19.4 Å². The molecular weight excluding hydrogens is 403 g/mol. The molecule has 1 aromatic rings. The molecule has 0 fully saturated rings. The lowest BCUT2D eigenvalue weighted by Gasteiger charge is -2.26. The molecule has 1 aromatic carbocycles. The van der Waals surface area contributed by atoms with Gasteiger partial charge in [0.1, 0.15) is 5.75 Å². The fourth-order valence-electron chi connectivity index (χ4n) is 2.39. The van der Waals surface area contributed by atoms with E-state index in [9.17, 15) is 0 Å². The zero-order valence-electron chi connectivity index (χ0n) is 14.9. The van der Waals surface area contributed by atoms with Crippen LogP contribution < -0.4 is 15.8 Å². The second-order valence-corrected chi connectivity index (χ2v) is 6.63. The van der Waals surface area contributed by atoms with Crippen molar-refractivity contribution in [3.05, 3.63) is 29.8 Å². The number of nitrogens with one attached hydrogen (secondary N) is 1. The summed E-state index contributed by atoms with van der Waals surface area (Å²) in [6.07, 6.45) is 0.904. The van der Waals surface area contributed by atoms with E-state index >= 15 is 0 Å². The number of aliphatic imine (C=N–C) groups is 1. The number of ether oxygens (including phenoxy) is 1. The largest absolute Gasteiger partial charge is 0.497 e. The Hall–Kier alpha value is -1.02. The third-order valence-electron chi connectivity index (χ3n) is 3.30. The van der Waals surface area contributed by atoms with Crippen LogP contribution in [0, 0.1) is 5.41 Å². The second kappa shape index (κ2) is 10.7. The summed E-state index contributed by atoms with van der Waals surface area (Å²) in [5.74, 6) is 1.39. The lowest BCUT2D eigenvalue weighted by atomic mass is 9.93. The molecule has 0 heterocycles. The number of nitrogens with two attached hydrogens (primary N) is 1. The van der Waals surface area contributed by atoms with Gasteiger partial charge in [-0.1, -0.05) is 26.0 Å². The smallest absolute Gasteiger partial charge is 0.188 e. The van der Waals surface area contributed by atoms with Gasteiger partial charge in [0.2, 0.25) is 0 Å². The minimum atomic E-state index is 0. The van der Waals surface area contributed by atoms with Crippen molar-refractivity contribution >= 4 is 29.9 Å². The SMILES string of the molecule is COc1ccc(CCNC(N)=NCC(C)(C)CN(C)C)cc1.I. The average molecular weight is 434 g/mol. The van der Waals surface area contributed by atoms with Crippen molar-refractivity contribution in [1.29, 1.82) is 0 Å². The Bertz CT molecular complexity index is 472. The van der Waals surface area contributed by atoms with Crippen LogP contribution in [-0.2, 0) is 6.42 Å². The fraction of sp³-hybridized carbons (Fsp3) is 0.588. The highest BCUT2D eigenvalue weighted by molar-refractivity contribution is 14.0. The van der Waals surface area contributed by atoms with Gasteiger partial charge in [-0.25, -0.2) is 0 Å². The van der Waals surface area contributed by atoms with E-state index in [1.54, 1.807) is 7.11 Å². The van der Waals surface area contributed by atoms with Crippen LogP contribution >= 0.6 is 24.0 Å². The maximum Gasteiger partial charge on any atom is 0.188 e. The lowest BCUT2D eigenvalue weighted by molar-refractivity contribution is 0.249. The molecule has 0 saturated carbocycles. The number of hydrogen-bond donors (Lipinski definition) is 2. The predicted molar refractivity (Wildman–Crippen MR) is 109 cm³/mol. The van der Waals surface area contributed by atoms with Crippen LogP contribution in [0.5, 0.6) is 5.75 Å². The molecule has 0 radical (unpaired) electrons. The van der Waals surface area contributed by atoms with Crippen LogP contribution in [0.3, 0.4) is 0 Å². The van der Waals surface area contributed by atoms with E-state index in [0.29, 0.717) is 12.5 Å². The number of hydrogen-bond acceptors (Lipinski definition) is 3. The van der Waals surface area contributed by atoms with Crippen molar-refractivity contribution in [2.24, 2.45) is 16.1 Å². The van der Waals surface area contributed by atoms with Gasteiger partial charge in [-0.3, -0.25) is 4.99 Å². The van der Waals surface area contributed by atoms with E-state index in [2.05, 4.69) is 55.3 Å². The van der Waals surface area contributed by atoms with Gasteiger partial charge in [-0.2, -0.15) is 0 Å². The predicted octanol–water partition coefficient (Wildman–Crippen LogP) is 2.35. The monoisotopic (exact) mass is 434 g/mol. The summed E-state index contributed by atoms with van der Waals surface area (Å²) in [4.78, 5) is 6.61. The molecular formula is C17H31IN4O. The minimum Gasteiger partial charge on any atom is -0.497 e. The van der Waals surface area contributed by atoms with Gasteiger partial charge < -0.3 is 20.7 Å². The quantitative estimate of drug-likeness (QED) is 0.375. The normalized spacial score (nSPS) is 12.0. The van der Waals surface area contributed by atoms with Crippen LogP contribution in [0.25, 0.3) is 0 Å². The molecule has 1 rings (SSSR count). The first-order chi connectivity index (χ1) is 10.3. The molecule has 0 aliphatic heterocycles. The van der Waals surface area contributed by atoms with Crippen molar-refractivity contribution in [3.63, 3.8) is 0 Å². The van der Waals surface area contributed by atoms with Gasteiger partial charge >= 0.3 is 0 Å². The Morgan fingerprint density at radius 2 is 1.87 bits per heavy atom. The van der Waals surface area contributed by atoms with Crippen LogP contribution in [0.15, 0.2) is 29.3 Å². The highest BCUT2D eigenvalue weighted by Crippen LogP contribution is 2.16. The lowest BCUT2D eigenvalue weighted by Crippen LogP contribution is -2.36. The van der Waals surface area contributed by atoms with Crippen molar-refractivity contribution in [3.8, 4) is 5.75 Å². The van der Waals surface area contributed by atoms with Gasteiger partial charge in [0.15, 0.2) is 5.96 Å². The maximum absolute atomic E-state index is 5.93. The third kappa shape index (κ3) is 9.65. The first-order valence-electron chi connectivity index (χ1n) is 7.64. The summed E-state index contributed by atoms with van der Waals surface area (Å²) in [5.41, 5.74) is 7.29. The molecule has 0 amide bonds. The number of halogens is 1. The molecule has 3 N–H and O–H groups in total. The summed E-state index contributed by atoms with van der Waals surface area (Å²) >= 11 is 0. The first-order valence-corrected chi connectivity index (χ1v) is 7.64. The van der Waals surface area contributed by atoms with Gasteiger partial charge in [-0.05, 0) is 43.6 Å². The number of rotatable bonds is 8. The van der Waals surface area contributed by atoms with Crippen molar-refractivity contribution in [1.82, 2.24) is 10.2 Å². The van der Waals surface area contributed by atoms with Crippen molar-refractivity contribution < 1.29 is 4.74 Å². The number of nitrogens with zero attached hydrogens (tertiary/aromatic N) is 2. The molecule has 0 saturated heterocycles. The zero-order chi connectivity index (χ0) is 16.6. The maximum atomic E-state index is 5.93. The molecule has 0 aliphatic rings. The Morgan fingerprint density at radius 1 is 1.26 bits per heavy atom. The van der Waals surface area contributed by atoms with E-state index in [1.807, 2.05) is 12.1 Å². The highest BCUT2D eigenvalue weighted by Gasteiger charge is 2.18. The van der Waals surface area contributed by atoms with E-state index in [0.717, 1.165) is 25.3 Å². The molecule has 6 heteroatoms. The number of benzene rings is 1.